The lowest BCUT2D eigenvalue weighted by Crippen LogP contribution is -2.24. The standard InChI is InChI=1S/C22H27NO3S/c1-17-7-9-19(10-8-17)15-27(25)16-20-11-12-21(26-20)22(24)23-14-13-18-5-3-2-4-6-18/h5,7-12H,2-4,6,13-16H2,1H3,(H,23,24)/t27-/m1/s1. The van der Waals surface area contributed by atoms with Gasteiger partial charge in [-0.3, -0.25) is 9.00 Å². The molecule has 0 saturated carbocycles. The van der Waals surface area contributed by atoms with Gasteiger partial charge in [-0.05, 0) is 56.7 Å². The van der Waals surface area contributed by atoms with Gasteiger partial charge in [-0.15, -0.1) is 0 Å². The molecule has 0 bridgehead atoms. The number of rotatable bonds is 8. The van der Waals surface area contributed by atoms with E-state index in [1.54, 1.807) is 12.1 Å². The van der Waals surface area contributed by atoms with Crippen LogP contribution in [0.4, 0.5) is 0 Å². The molecule has 4 nitrogen and oxygen atoms in total. The first kappa shape index (κ1) is 19.6. The molecule has 1 aromatic carbocycles. The number of carbonyl (C=O) groups excluding carboxylic acids is 1. The molecule has 0 aliphatic heterocycles. The van der Waals surface area contributed by atoms with E-state index in [-0.39, 0.29) is 11.7 Å². The van der Waals surface area contributed by atoms with Gasteiger partial charge in [0.05, 0.1) is 5.75 Å². The van der Waals surface area contributed by atoms with Crippen LogP contribution in [0.25, 0.3) is 0 Å². The largest absolute Gasteiger partial charge is 0.455 e. The summed E-state index contributed by atoms with van der Waals surface area (Å²) in [7, 11) is -1.07. The van der Waals surface area contributed by atoms with Crippen molar-refractivity contribution in [3.63, 3.8) is 0 Å². The highest BCUT2D eigenvalue weighted by Crippen LogP contribution is 2.19. The number of furan rings is 1. The van der Waals surface area contributed by atoms with Crippen LogP contribution in [0.1, 0.15) is 59.5 Å². The van der Waals surface area contributed by atoms with Crippen molar-refractivity contribution >= 4 is 16.7 Å². The van der Waals surface area contributed by atoms with Crippen molar-refractivity contribution in [2.75, 3.05) is 6.54 Å². The van der Waals surface area contributed by atoms with Crippen LogP contribution in [0.2, 0.25) is 0 Å². The van der Waals surface area contributed by atoms with Crippen molar-refractivity contribution in [3.05, 3.63) is 70.7 Å². The lowest BCUT2D eigenvalue weighted by Gasteiger charge is -2.12. The van der Waals surface area contributed by atoms with E-state index in [0.717, 1.165) is 24.8 Å². The average molecular weight is 386 g/mol. The fraction of sp³-hybridized carbons (Fsp3) is 0.409. The predicted molar refractivity (Wildman–Crippen MR) is 109 cm³/mol. The van der Waals surface area contributed by atoms with Crippen LogP contribution >= 0.6 is 0 Å². The molecular formula is C22H27NO3S. The second kappa shape index (κ2) is 9.70. The Labute approximate surface area is 163 Å². The summed E-state index contributed by atoms with van der Waals surface area (Å²) in [5.41, 5.74) is 3.67. The van der Waals surface area contributed by atoms with Crippen LogP contribution in [-0.4, -0.2) is 16.7 Å². The van der Waals surface area contributed by atoms with Gasteiger partial charge in [0, 0.05) is 23.1 Å². The average Bonchev–Trinajstić information content (AvgIpc) is 3.13. The van der Waals surface area contributed by atoms with Gasteiger partial charge in [-0.25, -0.2) is 0 Å². The summed E-state index contributed by atoms with van der Waals surface area (Å²) in [6.07, 6.45) is 8.03. The molecule has 5 heteroatoms. The molecule has 0 spiro atoms. The summed E-state index contributed by atoms with van der Waals surface area (Å²) in [6, 6.07) is 11.4. The zero-order valence-corrected chi connectivity index (χ0v) is 16.6. The quantitative estimate of drug-likeness (QED) is 0.673. The molecule has 0 saturated heterocycles. The Hall–Kier alpha value is -2.14. The second-order valence-electron chi connectivity index (χ2n) is 7.09. The minimum Gasteiger partial charge on any atom is -0.455 e. The fourth-order valence-corrected chi connectivity index (χ4v) is 4.35. The summed E-state index contributed by atoms with van der Waals surface area (Å²) in [4.78, 5) is 12.2. The minimum absolute atomic E-state index is 0.207. The molecule has 27 heavy (non-hydrogen) atoms. The van der Waals surface area contributed by atoms with E-state index in [0.29, 0.717) is 23.8 Å². The molecule has 0 fully saturated rings. The maximum Gasteiger partial charge on any atom is 0.287 e. The van der Waals surface area contributed by atoms with Crippen LogP contribution in [0, 0.1) is 6.92 Å². The van der Waals surface area contributed by atoms with Gasteiger partial charge >= 0.3 is 0 Å². The molecule has 3 rings (SSSR count). The third-order valence-corrected chi connectivity index (χ3v) is 6.02. The SMILES string of the molecule is Cc1ccc(C[S@@](=O)Cc2ccc(C(=O)NCCC3=CCCCC3)o2)cc1. The number of nitrogens with one attached hydrogen (secondary N) is 1. The Morgan fingerprint density at radius 2 is 1.93 bits per heavy atom. The van der Waals surface area contributed by atoms with Gasteiger partial charge in [-0.1, -0.05) is 41.5 Å². The number of hydrogen-bond acceptors (Lipinski definition) is 3. The lowest BCUT2D eigenvalue weighted by atomic mass is 9.97. The third kappa shape index (κ3) is 6.21. The molecule has 1 aliphatic rings. The van der Waals surface area contributed by atoms with Crippen molar-refractivity contribution in [3.8, 4) is 0 Å². The highest BCUT2D eigenvalue weighted by atomic mass is 32.2. The van der Waals surface area contributed by atoms with Crippen molar-refractivity contribution in [1.82, 2.24) is 5.32 Å². The molecule has 1 N–H and O–H groups in total. The summed E-state index contributed by atoms with van der Waals surface area (Å²) < 4.78 is 17.9. The van der Waals surface area contributed by atoms with Gasteiger partial charge < -0.3 is 9.73 Å². The predicted octanol–water partition coefficient (Wildman–Crippen LogP) is 4.66. The smallest absolute Gasteiger partial charge is 0.287 e. The Morgan fingerprint density at radius 3 is 2.67 bits per heavy atom. The van der Waals surface area contributed by atoms with Crippen molar-refractivity contribution in [2.24, 2.45) is 0 Å². The Balaban J connectivity index is 1.45. The minimum atomic E-state index is -1.07. The van der Waals surface area contributed by atoms with E-state index in [1.807, 2.05) is 31.2 Å². The summed E-state index contributed by atoms with van der Waals surface area (Å²) in [5, 5.41) is 2.91. The van der Waals surface area contributed by atoms with Crippen molar-refractivity contribution in [2.45, 2.75) is 50.5 Å². The van der Waals surface area contributed by atoms with Crippen molar-refractivity contribution in [1.29, 1.82) is 0 Å². The van der Waals surface area contributed by atoms with Gasteiger partial charge in [0.25, 0.3) is 5.91 Å². The van der Waals surface area contributed by atoms with Gasteiger partial charge in [0.2, 0.25) is 0 Å². The zero-order valence-electron chi connectivity index (χ0n) is 15.8. The highest BCUT2D eigenvalue weighted by Gasteiger charge is 2.13. The zero-order chi connectivity index (χ0) is 19.1. The van der Waals surface area contributed by atoms with Gasteiger partial charge in [0.15, 0.2) is 5.76 Å². The molecule has 1 heterocycles. The molecule has 1 atom stereocenters. The maximum atomic E-state index is 12.3. The summed E-state index contributed by atoms with van der Waals surface area (Å²) >= 11 is 0. The first-order chi connectivity index (χ1) is 13.1. The summed E-state index contributed by atoms with van der Waals surface area (Å²) in [6.45, 7) is 2.66. The van der Waals surface area contributed by atoms with Crippen LogP contribution < -0.4 is 5.32 Å². The summed E-state index contributed by atoms with van der Waals surface area (Å²) in [5.74, 6) is 1.46. The number of amides is 1. The van der Waals surface area contributed by atoms with Crippen LogP contribution in [0.15, 0.2) is 52.5 Å². The lowest BCUT2D eigenvalue weighted by molar-refractivity contribution is 0.0925. The molecule has 2 aromatic rings. The van der Waals surface area contributed by atoms with Crippen LogP contribution in [-0.2, 0) is 22.3 Å². The second-order valence-corrected chi connectivity index (χ2v) is 8.55. The number of aryl methyl sites for hydroxylation is 1. The molecule has 1 aliphatic carbocycles. The van der Waals surface area contributed by atoms with Gasteiger partial charge in [-0.2, -0.15) is 0 Å². The van der Waals surface area contributed by atoms with E-state index < -0.39 is 10.8 Å². The van der Waals surface area contributed by atoms with E-state index in [9.17, 15) is 9.00 Å². The highest BCUT2D eigenvalue weighted by molar-refractivity contribution is 7.83. The van der Waals surface area contributed by atoms with E-state index in [1.165, 1.54) is 24.0 Å². The first-order valence-electron chi connectivity index (χ1n) is 9.55. The van der Waals surface area contributed by atoms with Crippen LogP contribution in [0.5, 0.6) is 0 Å². The number of carbonyl (C=O) groups is 1. The van der Waals surface area contributed by atoms with E-state index in [4.69, 9.17) is 4.42 Å². The topological polar surface area (TPSA) is 59.3 Å². The third-order valence-electron chi connectivity index (χ3n) is 4.75. The maximum absolute atomic E-state index is 12.3. The van der Waals surface area contributed by atoms with Gasteiger partial charge in [0.1, 0.15) is 5.76 Å². The van der Waals surface area contributed by atoms with Crippen LogP contribution in [0.3, 0.4) is 0 Å². The fourth-order valence-electron chi connectivity index (χ4n) is 3.21. The molecule has 0 unspecified atom stereocenters. The van der Waals surface area contributed by atoms with E-state index >= 15 is 0 Å². The Bertz CT molecular complexity index is 820. The number of allylic oxidation sites excluding steroid dienone is 1. The molecule has 1 aromatic heterocycles. The molecular weight excluding hydrogens is 358 g/mol. The monoisotopic (exact) mass is 385 g/mol. The number of benzene rings is 1. The molecule has 1 amide bonds. The molecule has 0 radical (unpaired) electrons. The number of hydrogen-bond donors (Lipinski definition) is 1. The first-order valence-corrected chi connectivity index (χ1v) is 11.0. The normalized spacial score (nSPS) is 15.2. The Kier molecular flexibility index (Phi) is 7.04. The van der Waals surface area contributed by atoms with E-state index in [2.05, 4.69) is 11.4 Å². The molecule has 144 valence electrons. The Morgan fingerprint density at radius 1 is 1.11 bits per heavy atom. The van der Waals surface area contributed by atoms with Crippen molar-refractivity contribution < 1.29 is 13.4 Å².